The van der Waals surface area contributed by atoms with Crippen molar-refractivity contribution in [1.29, 1.82) is 0 Å². The molecule has 4 aromatic rings. The summed E-state index contributed by atoms with van der Waals surface area (Å²) in [4.78, 5) is 4.98. The Morgan fingerprint density at radius 3 is 2.14 bits per heavy atom. The van der Waals surface area contributed by atoms with E-state index in [4.69, 9.17) is 13.9 Å². The van der Waals surface area contributed by atoms with Crippen molar-refractivity contribution in [2.45, 2.75) is 58.4 Å². The average Bonchev–Trinajstić information content (AvgIpc) is 3.14. The third-order valence-electron chi connectivity index (χ3n) is 5.89. The first-order valence-electron chi connectivity index (χ1n) is 12.2. The number of nitrogens with zero attached hydrogens (tertiary/aromatic N) is 2. The lowest BCUT2D eigenvalue weighted by Gasteiger charge is -2.34. The van der Waals surface area contributed by atoms with Crippen molar-refractivity contribution < 1.29 is 17.3 Å². The van der Waals surface area contributed by atoms with Gasteiger partial charge < -0.3 is 14.2 Å². The lowest BCUT2D eigenvalue weighted by atomic mass is 9.82. The predicted molar refractivity (Wildman–Crippen MR) is 148 cm³/mol. The van der Waals surface area contributed by atoms with Crippen LogP contribution in [-0.4, -0.2) is 30.5 Å². The minimum atomic E-state index is -3.98. The van der Waals surface area contributed by atoms with Crippen molar-refractivity contribution in [3.63, 3.8) is 0 Å². The molecule has 0 aliphatic rings. The van der Waals surface area contributed by atoms with Crippen LogP contribution in [-0.2, 0) is 10.1 Å². The van der Waals surface area contributed by atoms with E-state index in [1.54, 1.807) is 24.3 Å². The Balaban J connectivity index is 1.66. The quantitative estimate of drug-likeness (QED) is 0.259. The number of rotatable bonds is 8. The van der Waals surface area contributed by atoms with Gasteiger partial charge in [0.1, 0.15) is 33.6 Å². The zero-order valence-corrected chi connectivity index (χ0v) is 23.3. The van der Waals surface area contributed by atoms with Gasteiger partial charge in [-0.15, -0.1) is 0 Å². The minimum Gasteiger partial charge on any atom is -0.497 e. The number of pyridine rings is 1. The standard InChI is InChI=1S/C29H35N3O4S/c1-20-16-17-32-25(18-20)30-26(27(32)31-29(5,6)19-28(2,3)4)21-8-10-23(11-9-21)36-37(33,34)24-14-12-22(35-7)13-15-24/h8-18,31H,19H2,1-7H3. The van der Waals surface area contributed by atoms with E-state index in [0.29, 0.717) is 5.75 Å². The van der Waals surface area contributed by atoms with Gasteiger partial charge in [0.15, 0.2) is 0 Å². The van der Waals surface area contributed by atoms with Gasteiger partial charge in [0.05, 0.1) is 7.11 Å². The monoisotopic (exact) mass is 521 g/mol. The van der Waals surface area contributed by atoms with Crippen LogP contribution in [0, 0.1) is 12.3 Å². The maximum Gasteiger partial charge on any atom is 0.339 e. The third kappa shape index (κ3) is 6.25. The normalized spacial score (nSPS) is 12.5. The summed E-state index contributed by atoms with van der Waals surface area (Å²) < 4.78 is 38.0. The van der Waals surface area contributed by atoms with Crippen LogP contribution in [0.5, 0.6) is 11.5 Å². The molecule has 0 fully saturated rings. The summed E-state index contributed by atoms with van der Waals surface area (Å²) in [5.74, 6) is 1.69. The average molecular weight is 522 g/mol. The Morgan fingerprint density at radius 2 is 1.54 bits per heavy atom. The van der Waals surface area contributed by atoms with Gasteiger partial charge in [0, 0.05) is 17.3 Å². The number of methoxy groups -OCH3 is 1. The van der Waals surface area contributed by atoms with Crippen LogP contribution in [0.3, 0.4) is 0 Å². The molecule has 0 aliphatic carbocycles. The first-order valence-corrected chi connectivity index (χ1v) is 13.6. The number of imidazole rings is 1. The third-order valence-corrected chi connectivity index (χ3v) is 7.15. The van der Waals surface area contributed by atoms with E-state index < -0.39 is 10.1 Å². The second-order valence-corrected chi connectivity index (χ2v) is 12.8. The molecule has 0 atom stereocenters. The molecule has 0 amide bonds. The molecular weight excluding hydrogens is 486 g/mol. The highest BCUT2D eigenvalue weighted by molar-refractivity contribution is 7.87. The van der Waals surface area contributed by atoms with Crippen molar-refractivity contribution in [2.75, 3.05) is 12.4 Å². The van der Waals surface area contributed by atoms with E-state index in [-0.39, 0.29) is 21.6 Å². The molecule has 0 aliphatic heterocycles. The number of nitrogens with one attached hydrogen (secondary N) is 1. The molecule has 0 saturated carbocycles. The molecule has 0 saturated heterocycles. The number of hydrogen-bond donors (Lipinski definition) is 1. The van der Waals surface area contributed by atoms with Gasteiger partial charge in [-0.1, -0.05) is 20.8 Å². The summed E-state index contributed by atoms with van der Waals surface area (Å²) in [6.07, 6.45) is 2.98. The molecule has 7 nitrogen and oxygen atoms in total. The number of benzene rings is 2. The molecular formula is C29H35N3O4S. The van der Waals surface area contributed by atoms with Gasteiger partial charge in [0.2, 0.25) is 0 Å². The van der Waals surface area contributed by atoms with Crippen LogP contribution >= 0.6 is 0 Å². The van der Waals surface area contributed by atoms with E-state index in [2.05, 4.69) is 50.4 Å². The molecule has 0 radical (unpaired) electrons. The van der Waals surface area contributed by atoms with Gasteiger partial charge >= 0.3 is 10.1 Å². The van der Waals surface area contributed by atoms with Crippen LogP contribution in [0.2, 0.25) is 0 Å². The van der Waals surface area contributed by atoms with Crippen LogP contribution in [0.15, 0.2) is 71.8 Å². The summed E-state index contributed by atoms with van der Waals surface area (Å²) in [5.41, 5.74) is 3.55. The predicted octanol–water partition coefficient (Wildman–Crippen LogP) is 6.71. The fourth-order valence-corrected chi connectivity index (χ4v) is 5.67. The second-order valence-electron chi connectivity index (χ2n) is 11.2. The van der Waals surface area contributed by atoms with Crippen molar-refractivity contribution in [1.82, 2.24) is 9.38 Å². The Bertz CT molecular complexity index is 1500. The van der Waals surface area contributed by atoms with E-state index in [1.807, 2.05) is 31.3 Å². The zero-order valence-electron chi connectivity index (χ0n) is 22.5. The summed E-state index contributed by atoms with van der Waals surface area (Å²) in [5, 5.41) is 3.73. The van der Waals surface area contributed by atoms with Crippen LogP contribution in [0.1, 0.15) is 46.6 Å². The van der Waals surface area contributed by atoms with Gasteiger partial charge in [-0.05, 0) is 98.8 Å². The van der Waals surface area contributed by atoms with Crippen molar-refractivity contribution >= 4 is 21.6 Å². The van der Waals surface area contributed by atoms with E-state index in [1.165, 1.54) is 19.2 Å². The van der Waals surface area contributed by atoms with Crippen LogP contribution < -0.4 is 14.2 Å². The Kier molecular flexibility index (Phi) is 6.99. The number of hydrogen-bond acceptors (Lipinski definition) is 6. The first kappa shape index (κ1) is 26.5. The maximum atomic E-state index is 12.7. The zero-order chi connectivity index (χ0) is 27.0. The smallest absolute Gasteiger partial charge is 0.339 e. The molecule has 2 aromatic heterocycles. The van der Waals surface area contributed by atoms with E-state index >= 15 is 0 Å². The van der Waals surface area contributed by atoms with Crippen molar-refractivity contribution in [2.24, 2.45) is 5.41 Å². The second kappa shape index (κ2) is 9.74. The molecule has 1 N–H and O–H groups in total. The van der Waals surface area contributed by atoms with E-state index in [0.717, 1.165) is 34.7 Å². The Hall–Kier alpha value is -3.52. The lowest BCUT2D eigenvalue weighted by Crippen LogP contribution is -2.36. The molecule has 2 heterocycles. The SMILES string of the molecule is COc1ccc(S(=O)(=O)Oc2ccc(-c3nc4cc(C)ccn4c3NC(C)(C)CC(C)(C)C)cc2)cc1. The van der Waals surface area contributed by atoms with Crippen LogP contribution in [0.4, 0.5) is 5.82 Å². The van der Waals surface area contributed by atoms with Gasteiger partial charge in [-0.25, -0.2) is 4.98 Å². The Labute approximate surface area is 219 Å². The topological polar surface area (TPSA) is 81.9 Å². The highest BCUT2D eigenvalue weighted by Gasteiger charge is 2.28. The molecule has 2 aromatic carbocycles. The van der Waals surface area contributed by atoms with Gasteiger partial charge in [-0.3, -0.25) is 4.40 Å². The lowest BCUT2D eigenvalue weighted by molar-refractivity contribution is 0.302. The fourth-order valence-electron chi connectivity index (χ4n) is 4.74. The number of anilines is 1. The number of fused-ring (bicyclic) bond motifs is 1. The van der Waals surface area contributed by atoms with Gasteiger partial charge in [-0.2, -0.15) is 8.42 Å². The molecule has 196 valence electrons. The molecule has 8 heteroatoms. The highest BCUT2D eigenvalue weighted by Crippen LogP contribution is 2.35. The summed E-state index contributed by atoms with van der Waals surface area (Å²) >= 11 is 0. The van der Waals surface area contributed by atoms with Crippen LogP contribution in [0.25, 0.3) is 16.9 Å². The number of aromatic nitrogens is 2. The summed E-state index contributed by atoms with van der Waals surface area (Å²) in [6, 6.07) is 17.1. The van der Waals surface area contributed by atoms with Crippen molar-refractivity contribution in [3.05, 3.63) is 72.4 Å². The Morgan fingerprint density at radius 1 is 0.919 bits per heavy atom. The number of ether oxygens (including phenoxy) is 1. The molecule has 4 rings (SSSR count). The molecule has 0 bridgehead atoms. The maximum absolute atomic E-state index is 12.7. The fraction of sp³-hybridized carbons (Fsp3) is 0.345. The summed E-state index contributed by atoms with van der Waals surface area (Å²) in [7, 11) is -2.45. The largest absolute Gasteiger partial charge is 0.497 e. The molecule has 0 unspecified atom stereocenters. The number of aryl methyl sites for hydroxylation is 1. The molecule has 37 heavy (non-hydrogen) atoms. The summed E-state index contributed by atoms with van der Waals surface area (Å²) in [6.45, 7) is 13.1. The molecule has 0 spiro atoms. The first-order chi connectivity index (χ1) is 17.3. The van der Waals surface area contributed by atoms with Crippen molar-refractivity contribution in [3.8, 4) is 22.8 Å². The van der Waals surface area contributed by atoms with Gasteiger partial charge in [0.25, 0.3) is 0 Å². The highest BCUT2D eigenvalue weighted by atomic mass is 32.2. The minimum absolute atomic E-state index is 0.0562. The van der Waals surface area contributed by atoms with E-state index in [9.17, 15) is 8.42 Å².